The van der Waals surface area contributed by atoms with Gasteiger partial charge < -0.3 is 15.5 Å². The molecular formula is C22H29ClFIN4O. The smallest absolute Gasteiger partial charge is 0.253 e. The Kier molecular flexibility index (Phi) is 10.0. The highest BCUT2D eigenvalue weighted by Crippen LogP contribution is 2.29. The molecule has 0 fully saturated rings. The molecule has 0 aliphatic carbocycles. The number of hydrogen-bond acceptors (Lipinski definition) is 2. The van der Waals surface area contributed by atoms with Crippen LogP contribution >= 0.6 is 35.6 Å². The summed E-state index contributed by atoms with van der Waals surface area (Å²) in [7, 11) is 5.16. The highest BCUT2D eigenvalue weighted by Gasteiger charge is 2.24. The summed E-state index contributed by atoms with van der Waals surface area (Å²) in [6, 6.07) is 11.9. The van der Waals surface area contributed by atoms with Gasteiger partial charge in [0.25, 0.3) is 5.91 Å². The van der Waals surface area contributed by atoms with Crippen LogP contribution < -0.4 is 10.6 Å². The van der Waals surface area contributed by atoms with Crippen molar-refractivity contribution in [2.45, 2.75) is 25.8 Å². The molecule has 0 unspecified atom stereocenters. The first-order valence-corrected chi connectivity index (χ1v) is 9.72. The van der Waals surface area contributed by atoms with Gasteiger partial charge in [-0.2, -0.15) is 0 Å². The molecule has 2 aromatic carbocycles. The predicted molar refractivity (Wildman–Crippen MR) is 133 cm³/mol. The van der Waals surface area contributed by atoms with Gasteiger partial charge in [0.15, 0.2) is 5.96 Å². The summed E-state index contributed by atoms with van der Waals surface area (Å²) in [5.74, 6) is 0.270. The van der Waals surface area contributed by atoms with E-state index in [0.29, 0.717) is 29.6 Å². The third kappa shape index (κ3) is 7.12. The molecule has 0 aromatic heterocycles. The zero-order valence-corrected chi connectivity index (χ0v) is 21.0. The number of guanidine groups is 1. The number of nitrogens with one attached hydrogen (secondary N) is 2. The Morgan fingerprint density at radius 3 is 2.30 bits per heavy atom. The summed E-state index contributed by atoms with van der Waals surface area (Å²) in [6.45, 7) is 5.20. The first kappa shape index (κ1) is 26.2. The Hall–Kier alpha value is -1.87. The van der Waals surface area contributed by atoms with E-state index in [0.717, 1.165) is 11.1 Å². The van der Waals surface area contributed by atoms with Gasteiger partial charge >= 0.3 is 0 Å². The Labute approximate surface area is 200 Å². The van der Waals surface area contributed by atoms with E-state index in [4.69, 9.17) is 11.6 Å². The lowest BCUT2D eigenvalue weighted by Gasteiger charge is -2.27. The van der Waals surface area contributed by atoms with Crippen molar-refractivity contribution in [3.05, 3.63) is 70.0 Å². The maximum atomic E-state index is 13.3. The monoisotopic (exact) mass is 546 g/mol. The standard InChI is InChI=1S/C22H28ClFN4O.HI/c1-22(2,18-11-10-17(24)12-19(18)23)14-27-21(25-3)26-13-15-6-8-16(9-7-15)20(29)28(4)5;/h6-12H,13-14H2,1-5H3,(H2,25,26,27);1H. The molecule has 1 amide bonds. The van der Waals surface area contributed by atoms with Gasteiger partial charge in [-0.1, -0.05) is 43.6 Å². The largest absolute Gasteiger partial charge is 0.356 e. The summed E-state index contributed by atoms with van der Waals surface area (Å²) in [5, 5.41) is 6.96. The van der Waals surface area contributed by atoms with Crippen molar-refractivity contribution in [1.82, 2.24) is 15.5 Å². The van der Waals surface area contributed by atoms with Crippen molar-refractivity contribution in [1.29, 1.82) is 0 Å². The molecule has 8 heteroatoms. The number of amides is 1. The van der Waals surface area contributed by atoms with Crippen LogP contribution in [0.25, 0.3) is 0 Å². The third-order valence-corrected chi connectivity index (χ3v) is 4.96. The van der Waals surface area contributed by atoms with E-state index in [1.165, 1.54) is 12.1 Å². The topological polar surface area (TPSA) is 56.7 Å². The van der Waals surface area contributed by atoms with Gasteiger partial charge in [0.05, 0.1) is 0 Å². The molecule has 0 radical (unpaired) electrons. The number of aliphatic imine (C=N–C) groups is 1. The molecule has 0 spiro atoms. The van der Waals surface area contributed by atoms with Crippen molar-refractivity contribution in [2.24, 2.45) is 4.99 Å². The second-order valence-electron chi connectivity index (χ2n) is 7.68. The Morgan fingerprint density at radius 2 is 1.77 bits per heavy atom. The zero-order valence-electron chi connectivity index (χ0n) is 17.9. The molecule has 0 saturated carbocycles. The SMILES string of the molecule is CN=C(NCc1ccc(C(=O)N(C)C)cc1)NCC(C)(C)c1ccc(F)cc1Cl.I. The van der Waals surface area contributed by atoms with Crippen LogP contribution in [0.2, 0.25) is 5.02 Å². The highest BCUT2D eigenvalue weighted by atomic mass is 127. The molecule has 0 saturated heterocycles. The lowest BCUT2D eigenvalue weighted by molar-refractivity contribution is 0.0827. The summed E-state index contributed by atoms with van der Waals surface area (Å²) >= 11 is 6.22. The molecule has 30 heavy (non-hydrogen) atoms. The molecule has 0 atom stereocenters. The highest BCUT2D eigenvalue weighted by molar-refractivity contribution is 14.0. The molecule has 164 valence electrons. The van der Waals surface area contributed by atoms with Crippen LogP contribution in [0.1, 0.15) is 35.3 Å². The number of carbonyl (C=O) groups is 1. The van der Waals surface area contributed by atoms with Crippen molar-refractivity contribution < 1.29 is 9.18 Å². The minimum Gasteiger partial charge on any atom is -0.356 e. The van der Waals surface area contributed by atoms with E-state index < -0.39 is 0 Å². The van der Waals surface area contributed by atoms with Crippen LogP contribution in [0.4, 0.5) is 4.39 Å². The second-order valence-corrected chi connectivity index (χ2v) is 8.09. The van der Waals surface area contributed by atoms with Gasteiger partial charge in [-0.3, -0.25) is 9.79 Å². The van der Waals surface area contributed by atoms with E-state index >= 15 is 0 Å². The molecule has 0 aliphatic heterocycles. The van der Waals surface area contributed by atoms with Crippen molar-refractivity contribution in [3.8, 4) is 0 Å². The number of rotatable bonds is 6. The zero-order chi connectivity index (χ0) is 21.6. The van der Waals surface area contributed by atoms with Gasteiger partial charge in [-0.25, -0.2) is 4.39 Å². The third-order valence-electron chi connectivity index (χ3n) is 4.65. The quantitative estimate of drug-likeness (QED) is 0.320. The Morgan fingerprint density at radius 1 is 1.13 bits per heavy atom. The molecule has 0 bridgehead atoms. The fraction of sp³-hybridized carbons (Fsp3) is 0.364. The van der Waals surface area contributed by atoms with E-state index in [9.17, 15) is 9.18 Å². The summed E-state index contributed by atoms with van der Waals surface area (Å²) in [5.41, 5.74) is 2.23. The van der Waals surface area contributed by atoms with Crippen LogP contribution in [0.3, 0.4) is 0 Å². The van der Waals surface area contributed by atoms with Gasteiger partial charge in [-0.15, -0.1) is 24.0 Å². The average molecular weight is 547 g/mol. The lowest BCUT2D eigenvalue weighted by Crippen LogP contribution is -2.43. The number of nitrogens with zero attached hydrogens (tertiary/aromatic N) is 2. The molecular weight excluding hydrogens is 518 g/mol. The van der Waals surface area contributed by atoms with Crippen molar-refractivity contribution >= 4 is 47.4 Å². The summed E-state index contributed by atoms with van der Waals surface area (Å²) in [6.07, 6.45) is 0. The fourth-order valence-corrected chi connectivity index (χ4v) is 3.29. The van der Waals surface area contributed by atoms with Gasteiger partial charge in [0, 0.05) is 50.2 Å². The fourth-order valence-electron chi connectivity index (χ4n) is 2.87. The van der Waals surface area contributed by atoms with Gasteiger partial charge in [0.2, 0.25) is 0 Å². The molecule has 0 heterocycles. The van der Waals surface area contributed by atoms with Crippen LogP contribution in [0, 0.1) is 5.82 Å². The predicted octanol–water partition coefficient (Wildman–Crippen LogP) is 4.44. The van der Waals surface area contributed by atoms with Crippen LogP contribution in [0.15, 0.2) is 47.5 Å². The number of carbonyl (C=O) groups excluding carboxylic acids is 1. The molecule has 2 aromatic rings. The van der Waals surface area contributed by atoms with E-state index in [2.05, 4.69) is 15.6 Å². The molecule has 5 nitrogen and oxygen atoms in total. The van der Waals surface area contributed by atoms with Crippen molar-refractivity contribution in [3.63, 3.8) is 0 Å². The van der Waals surface area contributed by atoms with Gasteiger partial charge in [0.1, 0.15) is 5.82 Å². The molecule has 2 N–H and O–H groups in total. The normalized spacial score (nSPS) is 11.5. The summed E-state index contributed by atoms with van der Waals surface area (Å²) in [4.78, 5) is 17.8. The van der Waals surface area contributed by atoms with E-state index in [-0.39, 0.29) is 41.1 Å². The Balaban J connectivity index is 0.00000450. The van der Waals surface area contributed by atoms with Gasteiger partial charge in [-0.05, 0) is 35.4 Å². The van der Waals surface area contributed by atoms with Crippen LogP contribution in [-0.4, -0.2) is 44.5 Å². The average Bonchev–Trinajstić information content (AvgIpc) is 2.67. The minimum atomic E-state index is -0.349. The number of hydrogen-bond donors (Lipinski definition) is 2. The number of benzene rings is 2. The van der Waals surface area contributed by atoms with E-state index in [1.807, 2.05) is 38.1 Å². The Bertz CT molecular complexity index is 885. The minimum absolute atomic E-state index is 0. The number of halogens is 3. The maximum absolute atomic E-state index is 13.3. The molecule has 2 rings (SSSR count). The second kappa shape index (κ2) is 11.5. The summed E-state index contributed by atoms with van der Waals surface area (Å²) < 4.78 is 13.3. The lowest BCUT2D eigenvalue weighted by atomic mass is 9.84. The first-order valence-electron chi connectivity index (χ1n) is 9.34. The first-order chi connectivity index (χ1) is 13.6. The van der Waals surface area contributed by atoms with E-state index in [1.54, 1.807) is 32.1 Å². The van der Waals surface area contributed by atoms with Crippen LogP contribution in [0.5, 0.6) is 0 Å². The van der Waals surface area contributed by atoms with Crippen LogP contribution in [-0.2, 0) is 12.0 Å². The van der Waals surface area contributed by atoms with Crippen molar-refractivity contribution in [2.75, 3.05) is 27.7 Å². The molecule has 0 aliphatic rings. The maximum Gasteiger partial charge on any atom is 0.253 e.